The summed E-state index contributed by atoms with van der Waals surface area (Å²) in [6, 6.07) is 9.73. The van der Waals surface area contributed by atoms with E-state index in [0.29, 0.717) is 10.5 Å². The van der Waals surface area contributed by atoms with Crippen LogP contribution in [0.25, 0.3) is 5.69 Å². The first-order chi connectivity index (χ1) is 11.8. The topological polar surface area (TPSA) is 49.8 Å². The largest absolute Gasteiger partial charge is 0.351 e. The summed E-state index contributed by atoms with van der Waals surface area (Å²) >= 11 is 5.32. The van der Waals surface area contributed by atoms with Crippen LogP contribution in [0.5, 0.6) is 0 Å². The van der Waals surface area contributed by atoms with E-state index in [1.165, 1.54) is 38.5 Å². The van der Waals surface area contributed by atoms with E-state index in [1.54, 1.807) is 10.8 Å². The Labute approximate surface area is 148 Å². The Bertz CT molecular complexity index is 714. The molecule has 128 valence electrons. The van der Waals surface area contributed by atoms with Gasteiger partial charge in [0.15, 0.2) is 4.77 Å². The lowest BCUT2D eigenvalue weighted by Gasteiger charge is -2.21. The molecule has 5 heteroatoms. The quantitative estimate of drug-likeness (QED) is 0.594. The van der Waals surface area contributed by atoms with E-state index >= 15 is 0 Å². The standard InChI is InChI=1S/C19H25N3OS/c23-18(20-13-7-10-15-8-3-1-4-9-15)17-14-21-19(24)22(17)16-11-5-2-6-12-16/h2,5-6,11-12,14-15H,1,3-4,7-10,13H2,(H,20,23)(H,21,24). The molecule has 0 aliphatic heterocycles. The predicted molar refractivity (Wildman–Crippen MR) is 99.1 cm³/mol. The van der Waals surface area contributed by atoms with Crippen molar-refractivity contribution in [3.8, 4) is 5.69 Å². The lowest BCUT2D eigenvalue weighted by Crippen LogP contribution is -2.27. The predicted octanol–water partition coefficient (Wildman–Crippen LogP) is 4.63. The number of benzene rings is 1. The summed E-state index contributed by atoms with van der Waals surface area (Å²) < 4.78 is 2.32. The normalized spacial score (nSPS) is 15.3. The van der Waals surface area contributed by atoms with Gasteiger partial charge >= 0.3 is 0 Å². The first kappa shape index (κ1) is 17.0. The molecule has 1 aliphatic rings. The van der Waals surface area contributed by atoms with Gasteiger partial charge < -0.3 is 10.3 Å². The minimum atomic E-state index is -0.0742. The van der Waals surface area contributed by atoms with Crippen molar-refractivity contribution in [3.63, 3.8) is 0 Å². The number of amides is 1. The maximum absolute atomic E-state index is 12.5. The highest BCUT2D eigenvalue weighted by molar-refractivity contribution is 7.71. The van der Waals surface area contributed by atoms with Crippen LogP contribution < -0.4 is 5.32 Å². The van der Waals surface area contributed by atoms with Crippen molar-refractivity contribution >= 4 is 18.1 Å². The van der Waals surface area contributed by atoms with Crippen molar-refractivity contribution < 1.29 is 4.79 Å². The van der Waals surface area contributed by atoms with Crippen LogP contribution in [0.2, 0.25) is 0 Å². The van der Waals surface area contributed by atoms with Crippen molar-refractivity contribution in [2.75, 3.05) is 6.54 Å². The van der Waals surface area contributed by atoms with Gasteiger partial charge in [-0.1, -0.05) is 50.3 Å². The zero-order chi connectivity index (χ0) is 16.8. The zero-order valence-electron chi connectivity index (χ0n) is 14.0. The molecule has 1 saturated carbocycles. The molecular weight excluding hydrogens is 318 g/mol. The average Bonchev–Trinajstić information content (AvgIpc) is 3.02. The zero-order valence-corrected chi connectivity index (χ0v) is 14.8. The average molecular weight is 343 g/mol. The Balaban J connectivity index is 1.57. The number of carbonyl (C=O) groups excluding carboxylic acids is 1. The molecule has 0 atom stereocenters. The molecule has 1 aromatic carbocycles. The molecule has 1 aliphatic carbocycles. The Morgan fingerprint density at radius 1 is 1.21 bits per heavy atom. The monoisotopic (exact) mass is 343 g/mol. The first-order valence-corrected chi connectivity index (χ1v) is 9.30. The molecule has 1 fully saturated rings. The third-order valence-corrected chi connectivity index (χ3v) is 5.12. The van der Waals surface area contributed by atoms with Gasteiger partial charge in [-0.2, -0.15) is 0 Å². The molecule has 0 unspecified atom stereocenters. The van der Waals surface area contributed by atoms with E-state index in [-0.39, 0.29) is 5.91 Å². The van der Waals surface area contributed by atoms with Crippen LogP contribution in [0.4, 0.5) is 0 Å². The number of carbonyl (C=O) groups is 1. The summed E-state index contributed by atoms with van der Waals surface area (Å²) in [6.45, 7) is 0.724. The second-order valence-electron chi connectivity index (χ2n) is 6.55. The number of H-pyrrole nitrogens is 1. The van der Waals surface area contributed by atoms with Gasteiger partial charge in [-0.05, 0) is 43.1 Å². The van der Waals surface area contributed by atoms with Gasteiger partial charge in [-0.3, -0.25) is 9.36 Å². The number of aromatic amines is 1. The number of hydrogen-bond acceptors (Lipinski definition) is 2. The number of para-hydroxylation sites is 1. The number of aromatic nitrogens is 2. The Morgan fingerprint density at radius 3 is 2.71 bits per heavy atom. The van der Waals surface area contributed by atoms with E-state index in [0.717, 1.165) is 24.6 Å². The van der Waals surface area contributed by atoms with Crippen LogP contribution in [0, 0.1) is 10.7 Å². The molecular formula is C19H25N3OS. The summed E-state index contributed by atoms with van der Waals surface area (Å²) in [6.07, 6.45) is 10.8. The Kier molecular flexibility index (Phi) is 5.86. The third kappa shape index (κ3) is 4.15. The summed E-state index contributed by atoms with van der Waals surface area (Å²) in [5.41, 5.74) is 1.46. The number of rotatable bonds is 6. The second kappa shape index (κ2) is 8.29. The maximum Gasteiger partial charge on any atom is 0.269 e. The van der Waals surface area contributed by atoms with Crippen LogP contribution in [-0.2, 0) is 0 Å². The lowest BCUT2D eigenvalue weighted by atomic mass is 9.86. The number of hydrogen-bond donors (Lipinski definition) is 2. The lowest BCUT2D eigenvalue weighted by molar-refractivity contribution is 0.0945. The maximum atomic E-state index is 12.5. The van der Waals surface area contributed by atoms with Gasteiger partial charge in [0.1, 0.15) is 5.69 Å². The molecule has 1 amide bonds. The highest BCUT2D eigenvalue weighted by Gasteiger charge is 2.15. The molecule has 1 heterocycles. The Hall–Kier alpha value is -1.88. The fourth-order valence-electron chi connectivity index (χ4n) is 3.53. The van der Waals surface area contributed by atoms with Crippen LogP contribution in [-0.4, -0.2) is 22.0 Å². The van der Waals surface area contributed by atoms with Crippen LogP contribution in [0.3, 0.4) is 0 Å². The van der Waals surface area contributed by atoms with E-state index in [9.17, 15) is 4.79 Å². The summed E-state index contributed by atoms with van der Waals surface area (Å²) in [4.78, 5) is 15.5. The minimum absolute atomic E-state index is 0.0742. The highest BCUT2D eigenvalue weighted by Crippen LogP contribution is 2.27. The van der Waals surface area contributed by atoms with E-state index in [2.05, 4.69) is 10.3 Å². The first-order valence-electron chi connectivity index (χ1n) is 8.90. The molecule has 3 rings (SSSR count). The molecule has 24 heavy (non-hydrogen) atoms. The molecule has 2 N–H and O–H groups in total. The molecule has 0 bridgehead atoms. The van der Waals surface area contributed by atoms with Gasteiger partial charge in [0.2, 0.25) is 0 Å². The molecule has 0 saturated heterocycles. The van der Waals surface area contributed by atoms with E-state index in [1.807, 2.05) is 30.3 Å². The van der Waals surface area contributed by atoms with Crippen LogP contribution >= 0.6 is 12.2 Å². The van der Waals surface area contributed by atoms with Crippen molar-refractivity contribution in [2.45, 2.75) is 44.9 Å². The molecule has 0 spiro atoms. The fourth-order valence-corrected chi connectivity index (χ4v) is 3.79. The van der Waals surface area contributed by atoms with Gasteiger partial charge in [0.05, 0.1) is 0 Å². The minimum Gasteiger partial charge on any atom is -0.351 e. The smallest absolute Gasteiger partial charge is 0.269 e. The Morgan fingerprint density at radius 2 is 1.96 bits per heavy atom. The van der Waals surface area contributed by atoms with Gasteiger partial charge in [0, 0.05) is 18.4 Å². The van der Waals surface area contributed by atoms with Gasteiger partial charge in [-0.25, -0.2) is 0 Å². The molecule has 4 nitrogen and oxygen atoms in total. The molecule has 1 aromatic heterocycles. The van der Waals surface area contributed by atoms with E-state index in [4.69, 9.17) is 12.2 Å². The van der Waals surface area contributed by atoms with Crippen molar-refractivity contribution in [3.05, 3.63) is 47.0 Å². The fraction of sp³-hybridized carbons (Fsp3) is 0.474. The third-order valence-electron chi connectivity index (χ3n) is 4.82. The van der Waals surface area contributed by atoms with Gasteiger partial charge in [0.25, 0.3) is 5.91 Å². The second-order valence-corrected chi connectivity index (χ2v) is 6.94. The van der Waals surface area contributed by atoms with Crippen molar-refractivity contribution in [1.29, 1.82) is 0 Å². The van der Waals surface area contributed by atoms with Gasteiger partial charge in [-0.15, -0.1) is 0 Å². The van der Waals surface area contributed by atoms with Crippen LogP contribution in [0.15, 0.2) is 36.5 Å². The highest BCUT2D eigenvalue weighted by atomic mass is 32.1. The number of imidazole rings is 1. The van der Waals surface area contributed by atoms with Crippen LogP contribution in [0.1, 0.15) is 55.4 Å². The number of nitrogens with zero attached hydrogens (tertiary/aromatic N) is 1. The van der Waals surface area contributed by atoms with Crippen molar-refractivity contribution in [1.82, 2.24) is 14.9 Å². The van der Waals surface area contributed by atoms with E-state index < -0.39 is 0 Å². The SMILES string of the molecule is O=C(NCCCC1CCCCC1)c1c[nH]c(=S)n1-c1ccccc1. The summed E-state index contributed by atoms with van der Waals surface area (Å²) in [5, 5.41) is 3.04. The summed E-state index contributed by atoms with van der Waals surface area (Å²) in [7, 11) is 0. The summed E-state index contributed by atoms with van der Waals surface area (Å²) in [5.74, 6) is 0.784. The molecule has 0 radical (unpaired) electrons. The number of nitrogens with one attached hydrogen (secondary N) is 2. The van der Waals surface area contributed by atoms with Crippen molar-refractivity contribution in [2.24, 2.45) is 5.92 Å². The molecule has 2 aromatic rings.